The summed E-state index contributed by atoms with van der Waals surface area (Å²) in [4.78, 5) is 2.45. The van der Waals surface area contributed by atoms with Gasteiger partial charge < -0.3 is 18.6 Å². The van der Waals surface area contributed by atoms with Crippen LogP contribution in [0.1, 0.15) is 22.6 Å². The number of para-hydroxylation sites is 7. The topological polar surface area (TPSA) is 65.6 Å². The molecule has 0 saturated carbocycles. The Hall–Kier alpha value is -11.7. The highest BCUT2D eigenvalue weighted by Gasteiger charge is 2.37. The van der Waals surface area contributed by atoms with Crippen LogP contribution in [0.5, 0.6) is 0 Å². The molecule has 400 valence electrons. The van der Waals surface area contributed by atoms with Crippen LogP contribution in [0.25, 0.3) is 127 Å². The molecule has 1 aliphatic heterocycles. The third-order valence-electron chi connectivity index (χ3n) is 18.1. The van der Waals surface area contributed by atoms with Crippen LogP contribution >= 0.6 is 0 Å². The van der Waals surface area contributed by atoms with E-state index in [1.54, 1.807) is 0 Å². The van der Waals surface area contributed by atoms with Crippen molar-refractivity contribution in [2.75, 3.05) is 4.90 Å². The van der Waals surface area contributed by atoms with Gasteiger partial charge in [0.1, 0.15) is 12.1 Å². The third-order valence-corrected chi connectivity index (χ3v) is 18.1. The predicted molar refractivity (Wildman–Crippen MR) is 354 cm³/mol. The Morgan fingerprint density at radius 1 is 0.279 bits per heavy atom. The van der Waals surface area contributed by atoms with Gasteiger partial charge in [0.15, 0.2) is 0 Å². The lowest BCUT2D eigenvalue weighted by Crippen LogP contribution is -2.28. The Kier molecular flexibility index (Phi) is 11.1. The van der Waals surface area contributed by atoms with Gasteiger partial charge in [0.05, 0.1) is 50.3 Å². The summed E-state index contributed by atoms with van der Waals surface area (Å²) in [7, 11) is 0. The number of fused-ring (bicyclic) bond motifs is 12. The first kappa shape index (κ1) is 49.0. The molecule has 6 nitrogen and oxygen atoms in total. The second-order valence-electron chi connectivity index (χ2n) is 22.5. The Labute approximate surface area is 496 Å². The number of hydrogen-bond acceptors (Lipinski definition) is 3. The van der Waals surface area contributed by atoms with Gasteiger partial charge in [0, 0.05) is 77.8 Å². The molecule has 0 spiro atoms. The van der Waals surface area contributed by atoms with E-state index in [9.17, 15) is 10.5 Å². The molecule has 0 N–H and O–H groups in total. The number of nitriles is 2. The minimum absolute atomic E-state index is 0.118. The molecule has 12 aromatic carbocycles. The van der Waals surface area contributed by atoms with Gasteiger partial charge in [-0.2, -0.15) is 10.5 Å². The minimum atomic E-state index is 0.118. The van der Waals surface area contributed by atoms with E-state index >= 15 is 0 Å². The summed E-state index contributed by atoms with van der Waals surface area (Å²) in [6.07, 6.45) is 8.93. The number of nitrogens with zero attached hydrogens (tertiary/aromatic N) is 6. The lowest BCUT2D eigenvalue weighted by molar-refractivity contribution is 0.745. The standard InChI is InChI=1S/C80H50N6/c81-49-67-68(50-82)78(52-35-43-56(44-36-52)84-71-27-11-3-19-61(71)62-20-4-12-28-72(62)84)80(54-39-47-58(48-40-54)86-75-31-15-7-23-65(75)66-24-8-16-32-76(66)86)79(53-37-45-57(46-38-53)85-73-29-13-5-21-63(73)64-22-6-14-30-74(64)85)77(67)51-33-41-55(42-34-51)83-69-25-9-1-17-59(69)60-18-2-10-26-70(60)83/h1-48,63,73H. The van der Waals surface area contributed by atoms with Crippen LogP contribution in [0.15, 0.2) is 291 Å². The molecule has 0 fully saturated rings. The van der Waals surface area contributed by atoms with Crippen LogP contribution in [0.2, 0.25) is 0 Å². The van der Waals surface area contributed by atoms with Crippen molar-refractivity contribution < 1.29 is 0 Å². The van der Waals surface area contributed by atoms with Crippen LogP contribution in [-0.2, 0) is 0 Å². The van der Waals surface area contributed by atoms with Crippen molar-refractivity contribution in [2.24, 2.45) is 0 Å². The van der Waals surface area contributed by atoms with Crippen molar-refractivity contribution in [2.45, 2.75) is 12.0 Å². The zero-order valence-corrected chi connectivity index (χ0v) is 46.6. The number of hydrogen-bond donors (Lipinski definition) is 0. The number of benzene rings is 12. The van der Waals surface area contributed by atoms with Crippen molar-refractivity contribution in [1.29, 1.82) is 10.5 Å². The lowest BCUT2D eigenvalue weighted by Gasteiger charge is -2.29. The van der Waals surface area contributed by atoms with Gasteiger partial charge in [-0.15, -0.1) is 0 Å². The van der Waals surface area contributed by atoms with E-state index in [-0.39, 0.29) is 12.0 Å². The van der Waals surface area contributed by atoms with E-state index in [1.807, 2.05) is 0 Å². The second-order valence-corrected chi connectivity index (χ2v) is 22.5. The van der Waals surface area contributed by atoms with Crippen molar-refractivity contribution in [3.63, 3.8) is 0 Å². The molecule has 4 heterocycles. The first-order valence-electron chi connectivity index (χ1n) is 29.3. The molecule has 86 heavy (non-hydrogen) atoms. The summed E-state index contributed by atoms with van der Waals surface area (Å²) >= 11 is 0. The number of allylic oxidation sites excluding steroid dienone is 2. The van der Waals surface area contributed by atoms with E-state index in [0.29, 0.717) is 22.3 Å². The van der Waals surface area contributed by atoms with Gasteiger partial charge in [-0.25, -0.2) is 0 Å². The monoisotopic (exact) mass is 1090 g/mol. The molecule has 6 heteroatoms. The largest absolute Gasteiger partial charge is 0.333 e. The summed E-state index contributed by atoms with van der Waals surface area (Å²) in [6, 6.07) is 100. The Morgan fingerprint density at radius 2 is 0.570 bits per heavy atom. The zero-order valence-electron chi connectivity index (χ0n) is 46.6. The highest BCUT2D eigenvalue weighted by atomic mass is 15.2. The fourth-order valence-electron chi connectivity index (χ4n) is 14.4. The van der Waals surface area contributed by atoms with E-state index in [1.165, 1.54) is 43.6 Å². The molecule has 2 unspecified atom stereocenters. The van der Waals surface area contributed by atoms with Crippen LogP contribution < -0.4 is 4.90 Å². The van der Waals surface area contributed by atoms with Crippen LogP contribution in [-0.4, -0.2) is 19.7 Å². The summed E-state index contributed by atoms with van der Waals surface area (Å²) in [6.45, 7) is 0. The number of aromatic nitrogens is 3. The highest BCUT2D eigenvalue weighted by Crippen LogP contribution is 2.52. The summed E-state index contributed by atoms with van der Waals surface area (Å²) in [5, 5.41) is 30.9. The fraction of sp³-hybridized carbons (Fsp3) is 0.0250. The van der Waals surface area contributed by atoms with Crippen molar-refractivity contribution in [3.05, 3.63) is 308 Å². The zero-order chi connectivity index (χ0) is 57.0. The molecule has 2 atom stereocenters. The first-order valence-corrected chi connectivity index (χ1v) is 29.3. The summed E-state index contributed by atoms with van der Waals surface area (Å²) < 4.78 is 6.97. The van der Waals surface area contributed by atoms with Crippen LogP contribution in [0.3, 0.4) is 0 Å². The molecule has 3 aromatic heterocycles. The maximum atomic E-state index is 11.9. The third kappa shape index (κ3) is 7.31. The Bertz CT molecular complexity index is 5270. The van der Waals surface area contributed by atoms with Crippen molar-refractivity contribution >= 4 is 76.8 Å². The van der Waals surface area contributed by atoms with Crippen molar-refractivity contribution in [1.82, 2.24) is 13.7 Å². The number of anilines is 2. The van der Waals surface area contributed by atoms with Gasteiger partial charge >= 0.3 is 0 Å². The Balaban J connectivity index is 0.925. The van der Waals surface area contributed by atoms with Gasteiger partial charge in [-0.1, -0.05) is 200 Å². The maximum Gasteiger partial charge on any atom is 0.101 e. The molecule has 0 amide bonds. The minimum Gasteiger partial charge on any atom is -0.333 e. The number of rotatable bonds is 8. The first-order chi connectivity index (χ1) is 42.6. The molecular formula is C80H50N6. The average Bonchev–Trinajstić information content (AvgIpc) is 2.23. The molecule has 0 saturated heterocycles. The predicted octanol–water partition coefficient (Wildman–Crippen LogP) is 20.1. The van der Waals surface area contributed by atoms with Gasteiger partial charge in [-0.05, 0) is 130 Å². The normalized spacial score (nSPS) is 14.4. The average molecular weight is 1100 g/mol. The molecular weight excluding hydrogens is 1040 g/mol. The van der Waals surface area contributed by atoms with Gasteiger partial charge in [0.2, 0.25) is 0 Å². The Morgan fingerprint density at radius 3 is 0.919 bits per heavy atom. The fourth-order valence-corrected chi connectivity index (χ4v) is 14.4. The molecule has 1 aliphatic carbocycles. The SMILES string of the molecule is N#Cc1c(C#N)c(-c2ccc(-n3c4ccccc4c4ccccc43)cc2)c(-c2ccc(-n3c4ccccc4c4ccccc43)cc2)c(-c2ccc(N3c4ccccc4C4C=CC=CC43)cc2)c1-c1ccc(-n2c3ccccc3c3ccccc32)cc1. The van der Waals surface area contributed by atoms with Crippen LogP contribution in [0.4, 0.5) is 11.4 Å². The molecule has 2 aliphatic rings. The van der Waals surface area contributed by atoms with Crippen LogP contribution in [0, 0.1) is 22.7 Å². The quantitative estimate of drug-likeness (QED) is 0.152. The maximum absolute atomic E-state index is 11.9. The molecule has 15 aromatic rings. The highest BCUT2D eigenvalue weighted by molar-refractivity contribution is 6.12. The summed E-state index contributed by atoms with van der Waals surface area (Å²) in [5.41, 5.74) is 20.5. The van der Waals surface area contributed by atoms with E-state index in [4.69, 9.17) is 0 Å². The molecule has 17 rings (SSSR count). The second kappa shape index (κ2) is 19.5. The van der Waals surface area contributed by atoms with E-state index in [2.05, 4.69) is 322 Å². The smallest absolute Gasteiger partial charge is 0.101 e. The van der Waals surface area contributed by atoms with E-state index in [0.717, 1.165) is 89.2 Å². The molecule has 0 bridgehead atoms. The molecule has 0 radical (unpaired) electrons. The summed E-state index contributed by atoms with van der Waals surface area (Å²) in [5.74, 6) is 0.227. The van der Waals surface area contributed by atoms with Crippen molar-refractivity contribution in [3.8, 4) is 73.7 Å². The van der Waals surface area contributed by atoms with Gasteiger partial charge in [-0.3, -0.25) is 0 Å². The van der Waals surface area contributed by atoms with Gasteiger partial charge in [0.25, 0.3) is 0 Å². The van der Waals surface area contributed by atoms with E-state index < -0.39 is 0 Å². The lowest BCUT2D eigenvalue weighted by atomic mass is 9.77.